The zero-order valence-electron chi connectivity index (χ0n) is 16.8. The molecule has 29 heavy (non-hydrogen) atoms. The van der Waals surface area contributed by atoms with Crippen molar-refractivity contribution >= 4 is 23.4 Å². The summed E-state index contributed by atoms with van der Waals surface area (Å²) in [6.07, 6.45) is 0. The van der Waals surface area contributed by atoms with Crippen molar-refractivity contribution in [3.8, 4) is 17.5 Å². The summed E-state index contributed by atoms with van der Waals surface area (Å²) >= 11 is 1.20. The number of rotatable bonds is 5. The third-order valence-corrected chi connectivity index (χ3v) is 5.27. The van der Waals surface area contributed by atoms with Gasteiger partial charge in [-0.3, -0.25) is 4.79 Å². The fourth-order valence-electron chi connectivity index (χ4n) is 2.56. The second-order valence-corrected chi connectivity index (χ2v) is 8.93. The number of amides is 1. The van der Waals surface area contributed by atoms with Gasteiger partial charge in [0.15, 0.2) is 0 Å². The number of hydrogen-bond acceptors (Lipinski definition) is 6. The Labute approximate surface area is 174 Å². The van der Waals surface area contributed by atoms with E-state index in [1.807, 2.05) is 18.2 Å². The standard InChI is InChI=1S/C22H22N4O2S/c1-14(19(27)24-18-11-5-15(13-23)6-12-18)29-21-26-25-20(28-21)16-7-9-17(10-8-16)22(2,3)4/h5-12,14H,1-4H3,(H,24,27)/t14-/m1/s1. The van der Waals surface area contributed by atoms with Gasteiger partial charge in [-0.25, -0.2) is 0 Å². The Kier molecular flexibility index (Phi) is 6.04. The first-order chi connectivity index (χ1) is 13.8. The normalized spacial score (nSPS) is 12.2. The number of benzene rings is 2. The van der Waals surface area contributed by atoms with E-state index < -0.39 is 5.25 Å². The van der Waals surface area contributed by atoms with Crippen molar-refractivity contribution in [1.29, 1.82) is 5.26 Å². The molecule has 3 aromatic rings. The number of anilines is 1. The molecule has 0 aliphatic carbocycles. The largest absolute Gasteiger partial charge is 0.411 e. The van der Waals surface area contributed by atoms with E-state index in [4.69, 9.17) is 9.68 Å². The molecule has 148 valence electrons. The van der Waals surface area contributed by atoms with Crippen molar-refractivity contribution < 1.29 is 9.21 Å². The summed E-state index contributed by atoms with van der Waals surface area (Å²) in [6, 6.07) is 16.8. The summed E-state index contributed by atoms with van der Waals surface area (Å²) in [7, 11) is 0. The summed E-state index contributed by atoms with van der Waals surface area (Å²) in [5.41, 5.74) is 3.31. The van der Waals surface area contributed by atoms with Gasteiger partial charge in [0.1, 0.15) is 0 Å². The van der Waals surface area contributed by atoms with E-state index in [0.717, 1.165) is 5.56 Å². The van der Waals surface area contributed by atoms with Crippen molar-refractivity contribution in [2.24, 2.45) is 0 Å². The number of nitrogens with zero attached hydrogens (tertiary/aromatic N) is 3. The van der Waals surface area contributed by atoms with Gasteiger partial charge in [-0.1, -0.05) is 44.7 Å². The van der Waals surface area contributed by atoms with Gasteiger partial charge in [-0.2, -0.15) is 5.26 Å². The number of thioether (sulfide) groups is 1. The van der Waals surface area contributed by atoms with Crippen LogP contribution in [0.5, 0.6) is 0 Å². The second kappa shape index (κ2) is 8.50. The zero-order chi connectivity index (χ0) is 21.0. The Morgan fingerprint density at radius 2 is 1.76 bits per heavy atom. The molecule has 1 N–H and O–H groups in total. The fraction of sp³-hybridized carbons (Fsp3) is 0.273. The van der Waals surface area contributed by atoms with Crippen LogP contribution in [-0.4, -0.2) is 21.4 Å². The molecule has 0 unspecified atom stereocenters. The predicted molar refractivity (Wildman–Crippen MR) is 114 cm³/mol. The van der Waals surface area contributed by atoms with Crippen LogP contribution in [0.25, 0.3) is 11.5 Å². The molecule has 0 radical (unpaired) electrons. The molecule has 0 aliphatic heterocycles. The van der Waals surface area contributed by atoms with Gasteiger partial charge < -0.3 is 9.73 Å². The SMILES string of the molecule is C[C@@H](Sc1nnc(-c2ccc(C(C)(C)C)cc2)o1)C(=O)Nc1ccc(C#N)cc1. The molecule has 0 saturated carbocycles. The number of hydrogen-bond donors (Lipinski definition) is 1. The third kappa shape index (κ3) is 5.24. The Morgan fingerprint density at radius 1 is 1.10 bits per heavy atom. The lowest BCUT2D eigenvalue weighted by atomic mass is 9.87. The van der Waals surface area contributed by atoms with Gasteiger partial charge in [0, 0.05) is 11.3 Å². The van der Waals surface area contributed by atoms with Crippen molar-refractivity contribution in [2.75, 3.05) is 5.32 Å². The van der Waals surface area contributed by atoms with Crippen molar-refractivity contribution in [2.45, 2.75) is 43.6 Å². The summed E-state index contributed by atoms with van der Waals surface area (Å²) in [5, 5.41) is 19.7. The molecule has 0 bridgehead atoms. The van der Waals surface area contributed by atoms with Crippen molar-refractivity contribution in [3.05, 3.63) is 59.7 Å². The molecule has 1 amide bonds. The van der Waals surface area contributed by atoms with Gasteiger partial charge in [-0.05, 0) is 54.3 Å². The minimum atomic E-state index is -0.429. The lowest BCUT2D eigenvalue weighted by Gasteiger charge is -2.18. The van der Waals surface area contributed by atoms with E-state index in [1.165, 1.54) is 17.3 Å². The van der Waals surface area contributed by atoms with Crippen LogP contribution >= 0.6 is 11.8 Å². The highest BCUT2D eigenvalue weighted by molar-refractivity contribution is 8.00. The molecule has 0 aliphatic rings. The molecule has 0 spiro atoms. The summed E-state index contributed by atoms with van der Waals surface area (Å²) in [5.74, 6) is 0.238. The lowest BCUT2D eigenvalue weighted by molar-refractivity contribution is -0.115. The molecule has 0 saturated heterocycles. The van der Waals surface area contributed by atoms with Gasteiger partial charge in [0.05, 0.1) is 16.9 Å². The van der Waals surface area contributed by atoms with Crippen LogP contribution in [0.3, 0.4) is 0 Å². The Morgan fingerprint density at radius 3 is 2.34 bits per heavy atom. The van der Waals surface area contributed by atoms with Gasteiger partial charge in [0.2, 0.25) is 11.8 Å². The van der Waals surface area contributed by atoms with E-state index in [2.05, 4.69) is 48.4 Å². The number of aromatic nitrogens is 2. The Hall–Kier alpha value is -3.11. The quantitative estimate of drug-likeness (QED) is 0.598. The molecular formula is C22H22N4O2S. The van der Waals surface area contributed by atoms with Crippen LogP contribution in [0, 0.1) is 11.3 Å². The molecule has 3 rings (SSSR count). The van der Waals surface area contributed by atoms with E-state index in [1.54, 1.807) is 31.2 Å². The topological polar surface area (TPSA) is 91.8 Å². The first-order valence-electron chi connectivity index (χ1n) is 9.18. The van der Waals surface area contributed by atoms with Gasteiger partial charge in [0.25, 0.3) is 5.22 Å². The molecular weight excluding hydrogens is 384 g/mol. The summed E-state index contributed by atoms with van der Waals surface area (Å²) < 4.78 is 5.72. The average Bonchev–Trinajstić information content (AvgIpc) is 3.16. The highest BCUT2D eigenvalue weighted by Gasteiger charge is 2.19. The maximum absolute atomic E-state index is 12.4. The van der Waals surface area contributed by atoms with E-state index in [-0.39, 0.29) is 11.3 Å². The van der Waals surface area contributed by atoms with Crippen LogP contribution in [0.1, 0.15) is 38.8 Å². The van der Waals surface area contributed by atoms with Gasteiger partial charge >= 0.3 is 0 Å². The first kappa shape index (κ1) is 20.6. The number of nitrogens with one attached hydrogen (secondary N) is 1. The minimum Gasteiger partial charge on any atom is -0.411 e. The van der Waals surface area contributed by atoms with E-state index in [9.17, 15) is 4.79 Å². The Bertz CT molecular complexity index is 1030. The monoisotopic (exact) mass is 406 g/mol. The highest BCUT2D eigenvalue weighted by Crippen LogP contribution is 2.29. The predicted octanol–water partition coefficient (Wildman–Crippen LogP) is 5.03. The maximum Gasteiger partial charge on any atom is 0.277 e. The van der Waals surface area contributed by atoms with Crippen LogP contribution in [0.4, 0.5) is 5.69 Å². The highest BCUT2D eigenvalue weighted by atomic mass is 32.2. The maximum atomic E-state index is 12.4. The molecule has 0 fully saturated rings. The fourth-order valence-corrected chi connectivity index (χ4v) is 3.25. The second-order valence-electron chi connectivity index (χ2n) is 7.64. The average molecular weight is 407 g/mol. The molecule has 7 heteroatoms. The zero-order valence-corrected chi connectivity index (χ0v) is 17.6. The number of nitriles is 1. The van der Waals surface area contributed by atoms with Crippen LogP contribution in [0.15, 0.2) is 58.2 Å². The molecule has 6 nitrogen and oxygen atoms in total. The van der Waals surface area contributed by atoms with E-state index >= 15 is 0 Å². The third-order valence-electron chi connectivity index (χ3n) is 4.33. The first-order valence-corrected chi connectivity index (χ1v) is 10.1. The molecule has 1 aromatic heterocycles. The van der Waals surface area contributed by atoms with E-state index in [0.29, 0.717) is 22.4 Å². The number of carbonyl (C=O) groups is 1. The summed E-state index contributed by atoms with van der Waals surface area (Å²) in [6.45, 7) is 8.25. The minimum absolute atomic E-state index is 0.0755. The Balaban J connectivity index is 1.62. The van der Waals surface area contributed by atoms with Gasteiger partial charge in [-0.15, -0.1) is 10.2 Å². The molecule has 1 heterocycles. The van der Waals surface area contributed by atoms with Crippen LogP contribution < -0.4 is 5.32 Å². The van der Waals surface area contributed by atoms with Crippen LogP contribution in [0.2, 0.25) is 0 Å². The lowest BCUT2D eigenvalue weighted by Crippen LogP contribution is -2.22. The summed E-state index contributed by atoms with van der Waals surface area (Å²) in [4.78, 5) is 12.4. The van der Waals surface area contributed by atoms with Crippen molar-refractivity contribution in [1.82, 2.24) is 10.2 Å². The van der Waals surface area contributed by atoms with Crippen LogP contribution in [-0.2, 0) is 10.2 Å². The smallest absolute Gasteiger partial charge is 0.277 e. The van der Waals surface area contributed by atoms with Crippen molar-refractivity contribution in [3.63, 3.8) is 0 Å². The number of carbonyl (C=O) groups excluding carboxylic acids is 1. The molecule has 1 atom stereocenters. The molecule has 2 aromatic carbocycles.